The van der Waals surface area contributed by atoms with Crippen LogP contribution < -0.4 is 10.6 Å². The zero-order valence-electron chi connectivity index (χ0n) is 16.4. The van der Waals surface area contributed by atoms with Crippen molar-refractivity contribution in [1.29, 1.82) is 0 Å². The van der Waals surface area contributed by atoms with Crippen LogP contribution in [0.25, 0.3) is 0 Å². The van der Waals surface area contributed by atoms with E-state index in [1.54, 1.807) is 0 Å². The number of benzene rings is 1. The van der Waals surface area contributed by atoms with Crippen molar-refractivity contribution < 1.29 is 4.79 Å². The van der Waals surface area contributed by atoms with Crippen LogP contribution in [0.4, 0.5) is 0 Å². The second-order valence-corrected chi connectivity index (χ2v) is 8.01. The van der Waals surface area contributed by atoms with Gasteiger partial charge in [0.1, 0.15) is 0 Å². The monoisotopic (exact) mass is 379 g/mol. The van der Waals surface area contributed by atoms with Gasteiger partial charge in [-0.1, -0.05) is 17.7 Å². The number of nitrogens with one attached hydrogen (secondary N) is 2. The van der Waals surface area contributed by atoms with Gasteiger partial charge < -0.3 is 10.6 Å². The van der Waals surface area contributed by atoms with Crippen molar-refractivity contribution in [3.05, 3.63) is 34.4 Å². The van der Waals surface area contributed by atoms with Crippen molar-refractivity contribution in [1.82, 2.24) is 15.5 Å². The molecule has 1 aromatic carbocycles. The minimum Gasteiger partial charge on any atom is -0.354 e. The van der Waals surface area contributed by atoms with Gasteiger partial charge in [0.25, 0.3) is 0 Å². The van der Waals surface area contributed by atoms with Crippen molar-refractivity contribution in [2.45, 2.75) is 59.0 Å². The Balaban J connectivity index is 0.00000243. The minimum absolute atomic E-state index is 0. The molecule has 2 heterocycles. The summed E-state index contributed by atoms with van der Waals surface area (Å²) in [7, 11) is 0. The number of likely N-dealkylation sites (tertiary alicyclic amines) is 1. The van der Waals surface area contributed by atoms with Crippen molar-refractivity contribution >= 4 is 18.3 Å². The molecular weight excluding hydrogens is 346 g/mol. The number of nitrogens with zero attached hydrogens (tertiary/aromatic N) is 1. The van der Waals surface area contributed by atoms with Gasteiger partial charge in [0.2, 0.25) is 5.91 Å². The maximum Gasteiger partial charge on any atom is 0.237 e. The number of aryl methyl sites for hydroxylation is 3. The summed E-state index contributed by atoms with van der Waals surface area (Å²) in [6, 6.07) is 4.62. The second kappa shape index (κ2) is 9.72. The van der Waals surface area contributed by atoms with Crippen molar-refractivity contribution in [3.8, 4) is 0 Å². The summed E-state index contributed by atoms with van der Waals surface area (Å²) < 4.78 is 0. The third-order valence-corrected chi connectivity index (χ3v) is 5.77. The van der Waals surface area contributed by atoms with E-state index in [9.17, 15) is 4.79 Å². The Morgan fingerprint density at radius 1 is 1.19 bits per heavy atom. The maximum atomic E-state index is 12.2. The summed E-state index contributed by atoms with van der Waals surface area (Å²) in [4.78, 5) is 14.8. The van der Waals surface area contributed by atoms with Gasteiger partial charge in [-0.3, -0.25) is 9.69 Å². The normalized spacial score (nSPS) is 23.5. The van der Waals surface area contributed by atoms with Gasteiger partial charge in [0, 0.05) is 19.6 Å². The summed E-state index contributed by atoms with van der Waals surface area (Å²) in [6.45, 7) is 11.7. The largest absolute Gasteiger partial charge is 0.354 e. The maximum absolute atomic E-state index is 12.2. The van der Waals surface area contributed by atoms with Crippen LogP contribution in [0.2, 0.25) is 0 Å². The summed E-state index contributed by atoms with van der Waals surface area (Å²) in [5.74, 6) is 0.769. The molecule has 146 valence electrons. The first-order chi connectivity index (χ1) is 12.0. The lowest BCUT2D eigenvalue weighted by atomic mass is 9.95. The highest BCUT2D eigenvalue weighted by molar-refractivity contribution is 5.85. The topological polar surface area (TPSA) is 44.4 Å². The van der Waals surface area contributed by atoms with Crippen LogP contribution in [0.3, 0.4) is 0 Å². The Bertz CT molecular complexity index is 590. The van der Waals surface area contributed by atoms with Gasteiger partial charge in [-0.15, -0.1) is 12.4 Å². The van der Waals surface area contributed by atoms with Crippen LogP contribution in [0.1, 0.15) is 47.9 Å². The Hall–Kier alpha value is -1.10. The Morgan fingerprint density at radius 3 is 2.58 bits per heavy atom. The molecule has 3 rings (SSSR count). The van der Waals surface area contributed by atoms with Crippen molar-refractivity contribution in [3.63, 3.8) is 0 Å². The number of amides is 1. The zero-order valence-corrected chi connectivity index (χ0v) is 17.3. The van der Waals surface area contributed by atoms with E-state index >= 15 is 0 Å². The fourth-order valence-corrected chi connectivity index (χ4v) is 4.42. The lowest BCUT2D eigenvalue weighted by molar-refractivity contribution is -0.123. The first-order valence-electron chi connectivity index (χ1n) is 9.83. The quantitative estimate of drug-likeness (QED) is 0.826. The number of hydrogen-bond donors (Lipinski definition) is 2. The second-order valence-electron chi connectivity index (χ2n) is 8.01. The molecule has 2 aliphatic heterocycles. The van der Waals surface area contributed by atoms with Crippen LogP contribution in [-0.2, 0) is 11.3 Å². The van der Waals surface area contributed by atoms with Crippen molar-refractivity contribution in [2.75, 3.05) is 26.2 Å². The molecule has 2 saturated heterocycles. The summed E-state index contributed by atoms with van der Waals surface area (Å²) in [5, 5.41) is 6.46. The molecular formula is C21H34ClN3O. The van der Waals surface area contributed by atoms with E-state index in [0.29, 0.717) is 5.92 Å². The summed E-state index contributed by atoms with van der Waals surface area (Å²) >= 11 is 0. The van der Waals surface area contributed by atoms with E-state index in [0.717, 1.165) is 39.0 Å². The average molecular weight is 380 g/mol. The first-order valence-corrected chi connectivity index (χ1v) is 9.83. The molecule has 0 spiro atoms. The van der Waals surface area contributed by atoms with E-state index < -0.39 is 0 Å². The molecule has 26 heavy (non-hydrogen) atoms. The van der Waals surface area contributed by atoms with Gasteiger partial charge in [-0.05, 0) is 82.2 Å². The Labute approximate surface area is 164 Å². The van der Waals surface area contributed by atoms with Crippen molar-refractivity contribution in [2.24, 2.45) is 5.92 Å². The van der Waals surface area contributed by atoms with Gasteiger partial charge in [-0.25, -0.2) is 0 Å². The predicted molar refractivity (Wildman–Crippen MR) is 110 cm³/mol. The highest BCUT2D eigenvalue weighted by atomic mass is 35.5. The third-order valence-electron chi connectivity index (χ3n) is 5.77. The number of carbonyl (C=O) groups excluding carboxylic acids is 1. The molecule has 0 saturated carbocycles. The molecule has 2 atom stereocenters. The number of rotatable bonds is 5. The molecule has 2 fully saturated rings. The van der Waals surface area contributed by atoms with Gasteiger partial charge in [-0.2, -0.15) is 0 Å². The lowest BCUT2D eigenvalue weighted by Gasteiger charge is -2.33. The summed E-state index contributed by atoms with van der Waals surface area (Å²) in [6.07, 6.45) is 4.55. The SMILES string of the molecule is Cc1cc(C)c(CN2CCCC(CNC(=O)C3CCCN3)C2)c(C)c1.Cl. The molecule has 2 aliphatic rings. The highest BCUT2D eigenvalue weighted by Crippen LogP contribution is 2.22. The number of carbonyl (C=O) groups is 1. The third kappa shape index (κ3) is 5.45. The van der Waals surface area contributed by atoms with E-state index in [4.69, 9.17) is 0 Å². The molecule has 1 aromatic rings. The Morgan fingerprint density at radius 2 is 1.92 bits per heavy atom. The van der Waals surface area contributed by atoms with Crippen LogP contribution in [-0.4, -0.2) is 43.0 Å². The van der Waals surface area contributed by atoms with E-state index in [2.05, 4.69) is 48.4 Å². The minimum atomic E-state index is 0. The summed E-state index contributed by atoms with van der Waals surface area (Å²) in [5.41, 5.74) is 5.63. The molecule has 2 unspecified atom stereocenters. The smallest absolute Gasteiger partial charge is 0.237 e. The molecule has 5 heteroatoms. The molecule has 1 amide bonds. The molecule has 4 nitrogen and oxygen atoms in total. The number of piperidine rings is 1. The zero-order chi connectivity index (χ0) is 17.8. The first kappa shape index (κ1) is 21.2. The fraction of sp³-hybridized carbons (Fsp3) is 0.667. The Kier molecular flexibility index (Phi) is 7.93. The highest BCUT2D eigenvalue weighted by Gasteiger charge is 2.25. The van der Waals surface area contributed by atoms with Gasteiger partial charge in [0.15, 0.2) is 0 Å². The van der Waals surface area contributed by atoms with Crippen LogP contribution >= 0.6 is 12.4 Å². The number of halogens is 1. The molecule has 0 bridgehead atoms. The molecule has 0 radical (unpaired) electrons. The fourth-order valence-electron chi connectivity index (χ4n) is 4.42. The molecule has 0 aromatic heterocycles. The molecule has 0 aliphatic carbocycles. The lowest BCUT2D eigenvalue weighted by Crippen LogP contribution is -2.45. The number of hydrogen-bond acceptors (Lipinski definition) is 3. The van der Waals surface area contributed by atoms with Gasteiger partial charge in [0.05, 0.1) is 6.04 Å². The van der Waals surface area contributed by atoms with Gasteiger partial charge >= 0.3 is 0 Å². The predicted octanol–water partition coefficient (Wildman–Crippen LogP) is 3.11. The van der Waals surface area contributed by atoms with Crippen LogP contribution in [0.5, 0.6) is 0 Å². The average Bonchev–Trinajstić information content (AvgIpc) is 3.11. The van der Waals surface area contributed by atoms with Crippen LogP contribution in [0.15, 0.2) is 12.1 Å². The molecule has 2 N–H and O–H groups in total. The van der Waals surface area contributed by atoms with Crippen LogP contribution in [0, 0.1) is 26.7 Å². The van der Waals surface area contributed by atoms with E-state index in [1.165, 1.54) is 41.6 Å². The standard InChI is InChI=1S/C21H33N3O.ClH/c1-15-10-16(2)19(17(3)11-15)14-24-9-5-6-18(13-24)12-23-21(25)20-7-4-8-22-20;/h10-11,18,20,22H,4-9,12-14H2,1-3H3,(H,23,25);1H. The van der Waals surface area contributed by atoms with E-state index in [-0.39, 0.29) is 24.4 Å². The van der Waals surface area contributed by atoms with E-state index in [1.807, 2.05) is 0 Å².